The van der Waals surface area contributed by atoms with Gasteiger partial charge >= 0.3 is 0 Å². The lowest BCUT2D eigenvalue weighted by atomic mass is 9.86. The lowest BCUT2D eigenvalue weighted by molar-refractivity contribution is 0.101. The Bertz CT molecular complexity index is 1060. The van der Waals surface area contributed by atoms with Crippen LogP contribution in [-0.4, -0.2) is 30.3 Å². The lowest BCUT2D eigenvalue weighted by Crippen LogP contribution is -2.31. The Labute approximate surface area is 173 Å². The molecule has 3 aromatic carbocycles. The molecule has 3 aromatic rings. The Hall–Kier alpha value is -2.97. The second-order valence-electron chi connectivity index (χ2n) is 7.73. The van der Waals surface area contributed by atoms with E-state index in [-0.39, 0.29) is 5.78 Å². The monoisotopic (exact) mass is 381 g/mol. The molecule has 1 heterocycles. The number of Topliss-reactive ketones (excluding diaryl/α,β-unsaturated/α-hetero) is 1. The predicted molar refractivity (Wildman–Crippen MR) is 122 cm³/mol. The van der Waals surface area contributed by atoms with Crippen LogP contribution in [0.15, 0.2) is 85.0 Å². The quantitative estimate of drug-likeness (QED) is 0.392. The molecule has 4 rings (SSSR count). The van der Waals surface area contributed by atoms with Crippen LogP contribution >= 0.6 is 0 Å². The van der Waals surface area contributed by atoms with Crippen LogP contribution in [0.1, 0.15) is 41.3 Å². The molecule has 0 spiro atoms. The van der Waals surface area contributed by atoms with Gasteiger partial charge in [0.25, 0.3) is 0 Å². The lowest BCUT2D eigenvalue weighted by Gasteiger charge is -2.29. The second kappa shape index (κ2) is 8.59. The number of carbonyl (C=O) groups excluding carboxylic acids is 1. The fourth-order valence-corrected chi connectivity index (χ4v) is 4.30. The van der Waals surface area contributed by atoms with Crippen molar-refractivity contribution in [1.82, 2.24) is 4.90 Å². The highest BCUT2D eigenvalue weighted by Gasteiger charge is 2.19. The highest BCUT2D eigenvalue weighted by atomic mass is 16.1. The van der Waals surface area contributed by atoms with Crippen molar-refractivity contribution >= 4 is 22.1 Å². The molecule has 0 aliphatic carbocycles. The summed E-state index contributed by atoms with van der Waals surface area (Å²) in [7, 11) is 0. The number of nitrogens with zero attached hydrogens (tertiary/aromatic N) is 1. The maximum atomic E-state index is 11.7. The zero-order valence-corrected chi connectivity index (χ0v) is 17.0. The fraction of sp³-hybridized carbons (Fsp3) is 0.222. The number of benzene rings is 3. The largest absolute Gasteiger partial charge is 0.299 e. The van der Waals surface area contributed by atoms with E-state index >= 15 is 0 Å². The molecule has 1 saturated heterocycles. The Morgan fingerprint density at radius 2 is 1.59 bits per heavy atom. The molecular formula is C27H27NO. The third-order valence-electron chi connectivity index (χ3n) is 5.84. The van der Waals surface area contributed by atoms with Crippen molar-refractivity contribution in [1.29, 1.82) is 0 Å². The van der Waals surface area contributed by atoms with Gasteiger partial charge in [0, 0.05) is 25.2 Å². The molecule has 0 saturated carbocycles. The first-order chi connectivity index (χ1) is 14.2. The summed E-state index contributed by atoms with van der Waals surface area (Å²) in [4.78, 5) is 14.2. The molecule has 1 aliphatic heterocycles. The molecule has 0 unspecified atom stereocenters. The molecule has 2 nitrogen and oxygen atoms in total. The number of hydrogen-bond donors (Lipinski definition) is 0. The zero-order chi connectivity index (χ0) is 20.2. The van der Waals surface area contributed by atoms with E-state index in [9.17, 15) is 4.79 Å². The van der Waals surface area contributed by atoms with E-state index in [2.05, 4.69) is 66.1 Å². The topological polar surface area (TPSA) is 20.3 Å². The second-order valence-corrected chi connectivity index (χ2v) is 7.73. The normalized spacial score (nSPS) is 14.7. The molecule has 29 heavy (non-hydrogen) atoms. The Balaban J connectivity index is 1.85. The van der Waals surface area contributed by atoms with Gasteiger partial charge in [-0.3, -0.25) is 9.69 Å². The van der Waals surface area contributed by atoms with E-state index in [0.717, 1.165) is 38.0 Å². The summed E-state index contributed by atoms with van der Waals surface area (Å²) in [5.41, 5.74) is 6.06. The maximum Gasteiger partial charge on any atom is 0.159 e. The molecule has 0 amide bonds. The first-order valence-corrected chi connectivity index (χ1v) is 10.3. The molecule has 0 atom stereocenters. The Morgan fingerprint density at radius 1 is 0.931 bits per heavy atom. The number of carbonyl (C=O) groups is 1. The number of rotatable bonds is 5. The van der Waals surface area contributed by atoms with Crippen LogP contribution in [0.4, 0.5) is 0 Å². The molecule has 146 valence electrons. The van der Waals surface area contributed by atoms with E-state index < -0.39 is 0 Å². The first kappa shape index (κ1) is 19.4. The standard InChI is InChI=1S/C27H27NO/c1-3-17-28-18-15-24(16-19-28)27(23-13-11-21(12-14-23)20(2)29)26-10-6-8-22-7-4-5-9-25(22)26/h3-14H,1,15-19H2,2H3. The van der Waals surface area contributed by atoms with Gasteiger partial charge in [-0.15, -0.1) is 6.58 Å². The number of fused-ring (bicyclic) bond motifs is 1. The summed E-state index contributed by atoms with van der Waals surface area (Å²) in [5.74, 6) is 0.105. The summed E-state index contributed by atoms with van der Waals surface area (Å²) in [6.45, 7) is 8.56. The SMILES string of the molecule is C=CCN1CCC(=C(c2ccc(C(C)=O)cc2)c2cccc3ccccc23)CC1. The van der Waals surface area contributed by atoms with Crippen molar-refractivity contribution in [2.24, 2.45) is 0 Å². The molecular weight excluding hydrogens is 354 g/mol. The number of likely N-dealkylation sites (tertiary alicyclic amines) is 1. The van der Waals surface area contributed by atoms with E-state index in [4.69, 9.17) is 0 Å². The summed E-state index contributed by atoms with van der Waals surface area (Å²) in [6, 6.07) is 23.3. The van der Waals surface area contributed by atoms with E-state index in [0.29, 0.717) is 0 Å². The minimum Gasteiger partial charge on any atom is -0.299 e. The Kier molecular flexibility index (Phi) is 5.73. The maximum absolute atomic E-state index is 11.7. The van der Waals surface area contributed by atoms with Gasteiger partial charge in [0.05, 0.1) is 0 Å². The van der Waals surface area contributed by atoms with Crippen LogP contribution < -0.4 is 0 Å². The molecule has 0 radical (unpaired) electrons. The van der Waals surface area contributed by atoms with Crippen molar-refractivity contribution in [2.45, 2.75) is 19.8 Å². The predicted octanol–water partition coefficient (Wildman–Crippen LogP) is 6.13. The van der Waals surface area contributed by atoms with Crippen LogP contribution in [0, 0.1) is 0 Å². The van der Waals surface area contributed by atoms with E-state index in [1.54, 1.807) is 6.92 Å². The van der Waals surface area contributed by atoms with Gasteiger partial charge < -0.3 is 0 Å². The zero-order valence-electron chi connectivity index (χ0n) is 17.0. The van der Waals surface area contributed by atoms with Crippen LogP contribution in [0.5, 0.6) is 0 Å². The molecule has 1 fully saturated rings. The average molecular weight is 382 g/mol. The summed E-state index contributed by atoms with van der Waals surface area (Å²) < 4.78 is 0. The molecule has 0 aromatic heterocycles. The minimum atomic E-state index is 0.105. The van der Waals surface area contributed by atoms with Crippen molar-refractivity contribution in [3.05, 3.63) is 102 Å². The van der Waals surface area contributed by atoms with Crippen LogP contribution in [-0.2, 0) is 0 Å². The van der Waals surface area contributed by atoms with E-state index in [1.165, 1.54) is 33.0 Å². The number of piperidine rings is 1. The third kappa shape index (κ3) is 4.08. The third-order valence-corrected chi connectivity index (χ3v) is 5.84. The van der Waals surface area contributed by atoms with Gasteiger partial charge in [-0.2, -0.15) is 0 Å². The van der Waals surface area contributed by atoms with E-state index in [1.807, 2.05) is 18.2 Å². The first-order valence-electron chi connectivity index (χ1n) is 10.3. The van der Waals surface area contributed by atoms with Crippen LogP contribution in [0.25, 0.3) is 16.3 Å². The number of ketones is 1. The van der Waals surface area contributed by atoms with Crippen molar-refractivity contribution in [2.75, 3.05) is 19.6 Å². The van der Waals surface area contributed by atoms with Gasteiger partial charge in [0.1, 0.15) is 0 Å². The number of hydrogen-bond acceptors (Lipinski definition) is 2. The van der Waals surface area contributed by atoms with Crippen LogP contribution in [0.2, 0.25) is 0 Å². The van der Waals surface area contributed by atoms with Crippen molar-refractivity contribution in [3.8, 4) is 0 Å². The average Bonchev–Trinajstić information content (AvgIpc) is 2.76. The highest BCUT2D eigenvalue weighted by molar-refractivity contribution is 5.99. The Morgan fingerprint density at radius 3 is 2.28 bits per heavy atom. The van der Waals surface area contributed by atoms with Gasteiger partial charge in [-0.25, -0.2) is 0 Å². The smallest absolute Gasteiger partial charge is 0.159 e. The molecule has 1 aliphatic rings. The molecule has 0 N–H and O–H groups in total. The highest BCUT2D eigenvalue weighted by Crippen LogP contribution is 2.36. The van der Waals surface area contributed by atoms with Gasteiger partial charge in [0.2, 0.25) is 0 Å². The van der Waals surface area contributed by atoms with Gasteiger partial charge in [-0.1, -0.05) is 78.4 Å². The molecule has 2 heteroatoms. The van der Waals surface area contributed by atoms with Gasteiger partial charge in [0.15, 0.2) is 5.78 Å². The molecule has 0 bridgehead atoms. The van der Waals surface area contributed by atoms with Crippen molar-refractivity contribution in [3.63, 3.8) is 0 Å². The summed E-state index contributed by atoms with van der Waals surface area (Å²) in [6.07, 6.45) is 4.10. The van der Waals surface area contributed by atoms with Crippen LogP contribution in [0.3, 0.4) is 0 Å². The fourth-order valence-electron chi connectivity index (χ4n) is 4.30. The van der Waals surface area contributed by atoms with Gasteiger partial charge in [-0.05, 0) is 47.2 Å². The minimum absolute atomic E-state index is 0.105. The summed E-state index contributed by atoms with van der Waals surface area (Å²) >= 11 is 0. The summed E-state index contributed by atoms with van der Waals surface area (Å²) in [5, 5.41) is 2.54. The van der Waals surface area contributed by atoms with Crippen molar-refractivity contribution < 1.29 is 4.79 Å².